The molecule has 0 aliphatic carbocycles. The van der Waals surface area contributed by atoms with Gasteiger partial charge in [-0.05, 0) is 122 Å². The smallest absolute Gasteiger partial charge is 0.0619 e. The predicted molar refractivity (Wildman–Crippen MR) is 272 cm³/mol. The summed E-state index contributed by atoms with van der Waals surface area (Å²) in [5.41, 5.74) is 16.4. The van der Waals surface area contributed by atoms with E-state index < -0.39 is 0 Å². The molecular formula is C62H42N2. The molecule has 0 unspecified atom stereocenters. The molecule has 1 heterocycles. The average Bonchev–Trinajstić information content (AvgIpc) is 3.71. The van der Waals surface area contributed by atoms with Crippen LogP contribution in [0.1, 0.15) is 0 Å². The maximum Gasteiger partial charge on any atom is 0.0619 e. The Kier molecular flexibility index (Phi) is 9.20. The van der Waals surface area contributed by atoms with E-state index in [1.165, 1.54) is 87.9 Å². The van der Waals surface area contributed by atoms with Crippen molar-refractivity contribution in [2.75, 3.05) is 4.90 Å². The first-order chi connectivity index (χ1) is 31.8. The van der Waals surface area contributed by atoms with Crippen molar-refractivity contribution in [2.45, 2.75) is 0 Å². The molecule has 0 atom stereocenters. The quantitative estimate of drug-likeness (QED) is 0.139. The van der Waals surface area contributed by atoms with E-state index in [4.69, 9.17) is 0 Å². The summed E-state index contributed by atoms with van der Waals surface area (Å²) in [6, 6.07) is 92.9. The minimum Gasteiger partial charge on any atom is -0.309 e. The third-order valence-electron chi connectivity index (χ3n) is 12.7. The minimum absolute atomic E-state index is 1.09. The Hall–Kier alpha value is -8.46. The lowest BCUT2D eigenvalue weighted by Gasteiger charge is -2.30. The highest BCUT2D eigenvalue weighted by Crippen LogP contribution is 2.51. The second-order valence-electron chi connectivity index (χ2n) is 16.5. The molecule has 0 N–H and O–H groups in total. The second-order valence-corrected chi connectivity index (χ2v) is 16.5. The van der Waals surface area contributed by atoms with E-state index in [1.54, 1.807) is 0 Å². The molecule has 0 bridgehead atoms. The second kappa shape index (κ2) is 15.8. The SMILES string of the molecule is c1ccc(-c2cccc(-c3c4cc(-c5ccccc5)ccc4c(N(c4ccccc4)c4ccc5c(c4)c4ccccc4n5-c4ccccc4)c4cc(-c5ccccc5)ccc34)c2)cc1. The van der Waals surface area contributed by atoms with Gasteiger partial charge < -0.3 is 9.47 Å². The van der Waals surface area contributed by atoms with Crippen molar-refractivity contribution in [1.82, 2.24) is 4.57 Å². The lowest BCUT2D eigenvalue weighted by atomic mass is 9.86. The Labute approximate surface area is 373 Å². The largest absolute Gasteiger partial charge is 0.309 e. The molecule has 11 aromatic carbocycles. The van der Waals surface area contributed by atoms with Crippen molar-refractivity contribution < 1.29 is 0 Å². The van der Waals surface area contributed by atoms with E-state index in [-0.39, 0.29) is 0 Å². The number of para-hydroxylation sites is 3. The standard InChI is InChI=1S/C62H42N2/c1-6-19-43(20-7-1)46-25-18-26-49(39-46)61-54-36-33-48(45-23-10-3-11-24-45)41-58(54)62(55-37-34-47(40-57(55)61)44-21-8-2-9-22-44)63(50-27-12-4-13-28-50)52-35-38-60-56(42-52)53-31-16-17-32-59(53)64(60)51-29-14-5-15-30-51/h1-42H. The first-order valence-electron chi connectivity index (χ1n) is 22.0. The molecule has 0 fully saturated rings. The van der Waals surface area contributed by atoms with Crippen LogP contribution in [0, 0.1) is 0 Å². The fraction of sp³-hybridized carbons (Fsp3) is 0. The number of nitrogens with zero attached hydrogens (tertiary/aromatic N) is 2. The van der Waals surface area contributed by atoms with Crippen LogP contribution < -0.4 is 4.90 Å². The highest BCUT2D eigenvalue weighted by Gasteiger charge is 2.25. The first-order valence-corrected chi connectivity index (χ1v) is 22.0. The van der Waals surface area contributed by atoms with Gasteiger partial charge in [0, 0.05) is 38.6 Å². The van der Waals surface area contributed by atoms with Gasteiger partial charge in [0.05, 0.1) is 16.7 Å². The number of aromatic nitrogens is 1. The summed E-state index contributed by atoms with van der Waals surface area (Å²) in [4.78, 5) is 2.50. The van der Waals surface area contributed by atoms with Crippen LogP contribution in [0.4, 0.5) is 17.1 Å². The molecule has 300 valence electrons. The summed E-state index contributed by atoms with van der Waals surface area (Å²) >= 11 is 0. The molecule has 1 aromatic heterocycles. The van der Waals surface area contributed by atoms with Crippen molar-refractivity contribution in [3.63, 3.8) is 0 Å². The van der Waals surface area contributed by atoms with Crippen molar-refractivity contribution in [3.05, 3.63) is 255 Å². The van der Waals surface area contributed by atoms with E-state index >= 15 is 0 Å². The number of hydrogen-bond acceptors (Lipinski definition) is 1. The molecule has 0 radical (unpaired) electrons. The van der Waals surface area contributed by atoms with Gasteiger partial charge in [0.2, 0.25) is 0 Å². The van der Waals surface area contributed by atoms with Gasteiger partial charge in [0.15, 0.2) is 0 Å². The molecule has 0 aliphatic heterocycles. The van der Waals surface area contributed by atoms with E-state index in [1.807, 2.05) is 0 Å². The van der Waals surface area contributed by atoms with Crippen molar-refractivity contribution >= 4 is 60.4 Å². The number of benzene rings is 11. The maximum atomic E-state index is 2.50. The van der Waals surface area contributed by atoms with Crippen molar-refractivity contribution in [3.8, 4) is 50.2 Å². The van der Waals surface area contributed by atoms with Crippen LogP contribution in [-0.2, 0) is 0 Å². The monoisotopic (exact) mass is 814 g/mol. The fourth-order valence-corrected chi connectivity index (χ4v) is 9.80. The van der Waals surface area contributed by atoms with Gasteiger partial charge >= 0.3 is 0 Å². The Bertz CT molecular complexity index is 3630. The zero-order chi connectivity index (χ0) is 42.4. The Balaban J connectivity index is 1.21. The number of hydrogen-bond donors (Lipinski definition) is 0. The fourth-order valence-electron chi connectivity index (χ4n) is 9.80. The molecule has 0 aliphatic rings. The number of anilines is 3. The van der Waals surface area contributed by atoms with Crippen molar-refractivity contribution in [2.24, 2.45) is 0 Å². The molecule has 0 saturated heterocycles. The Morgan fingerprint density at radius 2 is 0.750 bits per heavy atom. The lowest BCUT2D eigenvalue weighted by Crippen LogP contribution is -2.11. The van der Waals surface area contributed by atoms with Gasteiger partial charge in [-0.2, -0.15) is 0 Å². The van der Waals surface area contributed by atoms with Crippen LogP contribution in [-0.4, -0.2) is 4.57 Å². The summed E-state index contributed by atoms with van der Waals surface area (Å²) in [6.45, 7) is 0. The average molecular weight is 815 g/mol. The van der Waals surface area contributed by atoms with Crippen molar-refractivity contribution in [1.29, 1.82) is 0 Å². The molecule has 2 nitrogen and oxygen atoms in total. The Morgan fingerprint density at radius 3 is 1.41 bits per heavy atom. The maximum absolute atomic E-state index is 2.50. The minimum atomic E-state index is 1.09. The first kappa shape index (κ1) is 37.3. The van der Waals surface area contributed by atoms with E-state index in [2.05, 4.69) is 264 Å². The lowest BCUT2D eigenvalue weighted by molar-refractivity contribution is 1.18. The van der Waals surface area contributed by atoms with Gasteiger partial charge in [-0.15, -0.1) is 0 Å². The molecule has 64 heavy (non-hydrogen) atoms. The third-order valence-corrected chi connectivity index (χ3v) is 12.7. The molecule has 0 spiro atoms. The van der Waals surface area contributed by atoms with E-state index in [9.17, 15) is 0 Å². The van der Waals surface area contributed by atoms with Gasteiger partial charge in [-0.25, -0.2) is 0 Å². The summed E-state index contributed by atoms with van der Waals surface area (Å²) in [7, 11) is 0. The Morgan fingerprint density at radius 1 is 0.250 bits per heavy atom. The molecular weight excluding hydrogens is 773 g/mol. The van der Waals surface area contributed by atoms with E-state index in [0.717, 1.165) is 22.7 Å². The topological polar surface area (TPSA) is 8.17 Å². The molecule has 0 amide bonds. The van der Waals surface area contributed by atoms with Crippen LogP contribution in [0.5, 0.6) is 0 Å². The van der Waals surface area contributed by atoms with Crippen LogP contribution in [0.3, 0.4) is 0 Å². The number of rotatable bonds is 8. The summed E-state index contributed by atoms with van der Waals surface area (Å²) in [5.74, 6) is 0. The zero-order valence-electron chi connectivity index (χ0n) is 35.1. The van der Waals surface area contributed by atoms with Crippen LogP contribution in [0.2, 0.25) is 0 Å². The van der Waals surface area contributed by atoms with Crippen LogP contribution in [0.25, 0.3) is 93.5 Å². The molecule has 0 saturated carbocycles. The summed E-state index contributed by atoms with van der Waals surface area (Å²) in [6.07, 6.45) is 0. The zero-order valence-corrected chi connectivity index (χ0v) is 35.1. The highest BCUT2D eigenvalue weighted by molar-refractivity contribution is 6.24. The predicted octanol–water partition coefficient (Wildman–Crippen LogP) is 17.2. The van der Waals surface area contributed by atoms with Crippen LogP contribution >= 0.6 is 0 Å². The van der Waals surface area contributed by atoms with Crippen LogP contribution in [0.15, 0.2) is 255 Å². The molecule has 2 heteroatoms. The van der Waals surface area contributed by atoms with Gasteiger partial charge in [0.1, 0.15) is 0 Å². The van der Waals surface area contributed by atoms with Gasteiger partial charge in [0.25, 0.3) is 0 Å². The summed E-state index contributed by atoms with van der Waals surface area (Å²) < 4.78 is 2.39. The normalized spacial score (nSPS) is 11.4. The highest BCUT2D eigenvalue weighted by atomic mass is 15.1. The molecule has 12 rings (SSSR count). The van der Waals surface area contributed by atoms with E-state index in [0.29, 0.717) is 0 Å². The number of fused-ring (bicyclic) bond motifs is 5. The third kappa shape index (κ3) is 6.44. The van der Waals surface area contributed by atoms with Gasteiger partial charge in [-0.1, -0.05) is 188 Å². The summed E-state index contributed by atoms with van der Waals surface area (Å²) in [5, 5.41) is 7.17. The molecule has 12 aromatic rings. The van der Waals surface area contributed by atoms with Gasteiger partial charge in [-0.3, -0.25) is 0 Å².